The largest absolute Gasteiger partial charge is 0.493 e. The Kier molecular flexibility index (Phi) is 4.67. The zero-order valence-corrected chi connectivity index (χ0v) is 15.3. The number of carbonyl (C=O) groups excluding carboxylic acids is 1. The van der Waals surface area contributed by atoms with Crippen molar-refractivity contribution in [2.24, 2.45) is 0 Å². The summed E-state index contributed by atoms with van der Waals surface area (Å²) in [4.78, 5) is 13.0. The van der Waals surface area contributed by atoms with Gasteiger partial charge in [-0.1, -0.05) is 30.3 Å². The first-order chi connectivity index (χ1) is 12.8. The van der Waals surface area contributed by atoms with Crippen molar-refractivity contribution in [3.05, 3.63) is 71.4 Å². The molecule has 0 unspecified atom stereocenters. The van der Waals surface area contributed by atoms with Crippen LogP contribution in [0.4, 0.5) is 5.82 Å². The van der Waals surface area contributed by atoms with Gasteiger partial charge in [0.25, 0.3) is 5.91 Å². The van der Waals surface area contributed by atoms with Gasteiger partial charge in [-0.25, -0.2) is 4.68 Å². The van der Waals surface area contributed by atoms with Crippen LogP contribution in [-0.4, -0.2) is 22.3 Å². The minimum absolute atomic E-state index is 0.189. The second-order valence-electron chi connectivity index (χ2n) is 5.90. The Morgan fingerprint density at radius 2 is 1.92 bits per heavy atom. The van der Waals surface area contributed by atoms with Gasteiger partial charge in [0.15, 0.2) is 0 Å². The third-order valence-corrected chi connectivity index (χ3v) is 5.19. The molecule has 0 radical (unpaired) electrons. The van der Waals surface area contributed by atoms with Crippen LogP contribution < -0.4 is 10.1 Å². The fourth-order valence-electron chi connectivity index (χ4n) is 3.01. The van der Waals surface area contributed by atoms with Gasteiger partial charge >= 0.3 is 0 Å². The molecule has 0 saturated carbocycles. The summed E-state index contributed by atoms with van der Waals surface area (Å²) in [5.74, 6) is 2.86. The molecule has 1 N–H and O–H groups in total. The number of benzene rings is 2. The minimum atomic E-state index is -0.189. The SMILES string of the molecule is CCOc1ccccc1C(=O)Nc1c2c(nn1-c1ccccc1)CSC2. The van der Waals surface area contributed by atoms with Gasteiger partial charge in [0.1, 0.15) is 11.6 Å². The van der Waals surface area contributed by atoms with E-state index in [2.05, 4.69) is 5.32 Å². The molecule has 4 rings (SSSR count). The van der Waals surface area contributed by atoms with Crippen LogP contribution >= 0.6 is 11.8 Å². The van der Waals surface area contributed by atoms with Gasteiger partial charge in [0.05, 0.1) is 23.6 Å². The first-order valence-corrected chi connectivity index (χ1v) is 9.70. The van der Waals surface area contributed by atoms with Crippen LogP contribution in [0.25, 0.3) is 5.69 Å². The highest BCUT2D eigenvalue weighted by molar-refractivity contribution is 7.98. The van der Waals surface area contributed by atoms with Crippen LogP contribution in [0.1, 0.15) is 28.5 Å². The molecule has 1 aliphatic heterocycles. The van der Waals surface area contributed by atoms with Crippen LogP contribution in [0, 0.1) is 0 Å². The summed E-state index contributed by atoms with van der Waals surface area (Å²) in [6.07, 6.45) is 0. The van der Waals surface area contributed by atoms with Crippen molar-refractivity contribution in [2.45, 2.75) is 18.4 Å². The number of carbonyl (C=O) groups is 1. The predicted molar refractivity (Wildman–Crippen MR) is 104 cm³/mol. The smallest absolute Gasteiger partial charge is 0.260 e. The molecule has 0 spiro atoms. The van der Waals surface area contributed by atoms with Gasteiger partial charge in [0, 0.05) is 17.1 Å². The fourth-order valence-corrected chi connectivity index (χ4v) is 4.04. The van der Waals surface area contributed by atoms with Crippen LogP contribution in [0.2, 0.25) is 0 Å². The lowest BCUT2D eigenvalue weighted by molar-refractivity contribution is 0.102. The van der Waals surface area contributed by atoms with Crippen LogP contribution in [0.3, 0.4) is 0 Å². The van der Waals surface area contributed by atoms with Crippen molar-refractivity contribution in [1.82, 2.24) is 9.78 Å². The van der Waals surface area contributed by atoms with Gasteiger partial charge < -0.3 is 10.1 Å². The van der Waals surface area contributed by atoms with Crippen molar-refractivity contribution in [1.29, 1.82) is 0 Å². The minimum Gasteiger partial charge on any atom is -0.493 e. The van der Waals surface area contributed by atoms with Crippen molar-refractivity contribution < 1.29 is 9.53 Å². The number of nitrogens with zero attached hydrogens (tertiary/aromatic N) is 2. The second-order valence-corrected chi connectivity index (χ2v) is 6.88. The maximum atomic E-state index is 13.0. The van der Waals surface area contributed by atoms with Crippen LogP contribution in [-0.2, 0) is 11.5 Å². The number of thioether (sulfide) groups is 1. The topological polar surface area (TPSA) is 56.1 Å². The molecule has 0 fully saturated rings. The molecule has 26 heavy (non-hydrogen) atoms. The zero-order chi connectivity index (χ0) is 17.9. The Morgan fingerprint density at radius 1 is 1.15 bits per heavy atom. The molecule has 132 valence electrons. The number of anilines is 1. The standard InChI is InChI=1S/C20H19N3O2S/c1-2-25-18-11-7-6-10-15(18)20(24)21-19-16-12-26-13-17(16)22-23(19)14-8-4-3-5-9-14/h3-11H,2,12-13H2,1H3,(H,21,24). The molecular formula is C20H19N3O2S. The first-order valence-electron chi connectivity index (χ1n) is 8.55. The summed E-state index contributed by atoms with van der Waals surface area (Å²) >= 11 is 1.81. The Labute approximate surface area is 156 Å². The lowest BCUT2D eigenvalue weighted by Crippen LogP contribution is -2.17. The van der Waals surface area contributed by atoms with Gasteiger partial charge in [-0.05, 0) is 31.2 Å². The van der Waals surface area contributed by atoms with Crippen LogP contribution in [0.15, 0.2) is 54.6 Å². The molecule has 0 atom stereocenters. The third-order valence-electron chi connectivity index (χ3n) is 4.22. The monoisotopic (exact) mass is 365 g/mol. The lowest BCUT2D eigenvalue weighted by Gasteiger charge is -2.13. The van der Waals surface area contributed by atoms with E-state index in [9.17, 15) is 4.79 Å². The van der Waals surface area contributed by atoms with Gasteiger partial charge in [-0.15, -0.1) is 0 Å². The summed E-state index contributed by atoms with van der Waals surface area (Å²) in [6, 6.07) is 17.2. The molecule has 0 bridgehead atoms. The number of aromatic nitrogens is 2. The van der Waals surface area contributed by atoms with Gasteiger partial charge in [-0.2, -0.15) is 16.9 Å². The molecule has 3 aromatic rings. The molecule has 2 heterocycles. The van der Waals surface area contributed by atoms with Crippen molar-refractivity contribution in [2.75, 3.05) is 11.9 Å². The molecule has 0 saturated heterocycles. The van der Waals surface area contributed by atoms with E-state index in [0.29, 0.717) is 17.9 Å². The van der Waals surface area contributed by atoms with Crippen molar-refractivity contribution in [3.63, 3.8) is 0 Å². The van der Waals surface area contributed by atoms with Gasteiger partial charge in [-0.3, -0.25) is 4.79 Å². The zero-order valence-electron chi connectivity index (χ0n) is 14.4. The van der Waals surface area contributed by atoms with E-state index >= 15 is 0 Å². The number of fused-ring (bicyclic) bond motifs is 1. The van der Waals surface area contributed by atoms with E-state index in [4.69, 9.17) is 9.84 Å². The highest BCUT2D eigenvalue weighted by atomic mass is 32.2. The maximum Gasteiger partial charge on any atom is 0.260 e. The molecule has 0 aliphatic carbocycles. The molecule has 1 aromatic heterocycles. The second kappa shape index (κ2) is 7.25. The number of hydrogen-bond donors (Lipinski definition) is 1. The van der Waals surface area contributed by atoms with E-state index in [-0.39, 0.29) is 5.91 Å². The Balaban J connectivity index is 1.72. The van der Waals surface area contributed by atoms with Crippen LogP contribution in [0.5, 0.6) is 5.75 Å². The van der Waals surface area contributed by atoms with Crippen molar-refractivity contribution >= 4 is 23.5 Å². The maximum absolute atomic E-state index is 13.0. The number of rotatable bonds is 5. The Morgan fingerprint density at radius 3 is 2.73 bits per heavy atom. The highest BCUT2D eigenvalue weighted by Gasteiger charge is 2.25. The van der Waals surface area contributed by atoms with E-state index in [1.54, 1.807) is 6.07 Å². The Hall–Kier alpha value is -2.73. The molecule has 6 heteroatoms. The third kappa shape index (κ3) is 3.08. The molecule has 5 nitrogen and oxygen atoms in total. The average Bonchev–Trinajstić information content (AvgIpc) is 3.26. The van der Waals surface area contributed by atoms with E-state index in [1.807, 2.05) is 71.9 Å². The molecule has 2 aromatic carbocycles. The quantitative estimate of drug-likeness (QED) is 0.734. The molecular weight excluding hydrogens is 346 g/mol. The summed E-state index contributed by atoms with van der Waals surface area (Å²) in [5.41, 5.74) is 3.59. The predicted octanol–water partition coefficient (Wildman–Crippen LogP) is 4.27. The first kappa shape index (κ1) is 16.7. The highest BCUT2D eigenvalue weighted by Crippen LogP contribution is 2.36. The van der Waals surface area contributed by atoms with E-state index in [1.165, 1.54) is 0 Å². The summed E-state index contributed by atoms with van der Waals surface area (Å²) in [6.45, 7) is 2.42. The molecule has 1 aliphatic rings. The number of para-hydroxylation sites is 2. The number of ether oxygens (including phenoxy) is 1. The van der Waals surface area contributed by atoms with Gasteiger partial charge in [0.2, 0.25) is 0 Å². The van der Waals surface area contributed by atoms with E-state index < -0.39 is 0 Å². The average molecular weight is 365 g/mol. The number of hydrogen-bond acceptors (Lipinski definition) is 4. The van der Waals surface area contributed by atoms with E-state index in [0.717, 1.165) is 34.3 Å². The number of nitrogens with one attached hydrogen (secondary N) is 1. The fraction of sp³-hybridized carbons (Fsp3) is 0.200. The van der Waals surface area contributed by atoms with Crippen molar-refractivity contribution in [3.8, 4) is 11.4 Å². The summed E-state index contributed by atoms with van der Waals surface area (Å²) in [5, 5.41) is 7.79. The lowest BCUT2D eigenvalue weighted by atomic mass is 10.2. The molecule has 1 amide bonds. The number of amides is 1. The normalized spacial score (nSPS) is 12.7. The summed E-state index contributed by atoms with van der Waals surface area (Å²) in [7, 11) is 0. The Bertz CT molecular complexity index is 937. The summed E-state index contributed by atoms with van der Waals surface area (Å²) < 4.78 is 7.42.